The standard InChI is InChI=1S/C18H30N4O2/c1-5-12(2)16(11-23)21-17(24)15-7-6-8-22(10-15)18-19-13(3)9-14(4)20-18/h9,12,15-16,23H,5-8,10-11H2,1-4H3,(H,21,24)/t12-,15?,16-/m0/s1. The minimum Gasteiger partial charge on any atom is -0.394 e. The second-order valence-corrected chi connectivity index (χ2v) is 6.92. The Labute approximate surface area is 144 Å². The summed E-state index contributed by atoms with van der Waals surface area (Å²) in [6.45, 7) is 9.54. The van der Waals surface area contributed by atoms with Gasteiger partial charge in [0, 0.05) is 24.5 Å². The number of aromatic nitrogens is 2. The normalized spacial score (nSPS) is 20.5. The SMILES string of the molecule is CC[C@H](C)[C@H](CO)NC(=O)C1CCCN(c2nc(C)cc(C)n2)C1. The van der Waals surface area contributed by atoms with Crippen molar-refractivity contribution in [2.24, 2.45) is 11.8 Å². The van der Waals surface area contributed by atoms with E-state index >= 15 is 0 Å². The summed E-state index contributed by atoms with van der Waals surface area (Å²) in [6, 6.07) is 1.78. The molecular weight excluding hydrogens is 304 g/mol. The van der Waals surface area contributed by atoms with E-state index in [-0.39, 0.29) is 30.4 Å². The Morgan fingerprint density at radius 3 is 2.67 bits per heavy atom. The van der Waals surface area contributed by atoms with E-state index in [1.807, 2.05) is 19.9 Å². The summed E-state index contributed by atoms with van der Waals surface area (Å²) in [4.78, 5) is 23.7. The van der Waals surface area contributed by atoms with Crippen LogP contribution in [0.15, 0.2) is 6.07 Å². The Kier molecular flexibility index (Phi) is 6.54. The monoisotopic (exact) mass is 334 g/mol. The maximum Gasteiger partial charge on any atom is 0.225 e. The molecule has 1 aromatic heterocycles. The summed E-state index contributed by atoms with van der Waals surface area (Å²) in [5.41, 5.74) is 1.89. The summed E-state index contributed by atoms with van der Waals surface area (Å²) in [5.74, 6) is 0.928. The smallest absolute Gasteiger partial charge is 0.225 e. The number of aryl methyl sites for hydroxylation is 2. The van der Waals surface area contributed by atoms with E-state index in [0.29, 0.717) is 12.5 Å². The molecule has 0 aromatic carbocycles. The zero-order valence-corrected chi connectivity index (χ0v) is 15.2. The number of rotatable bonds is 6. The van der Waals surface area contributed by atoms with Gasteiger partial charge in [-0.1, -0.05) is 20.3 Å². The predicted molar refractivity (Wildman–Crippen MR) is 94.9 cm³/mol. The molecule has 6 heteroatoms. The third-order valence-electron chi connectivity index (χ3n) is 4.90. The van der Waals surface area contributed by atoms with Gasteiger partial charge in [0.2, 0.25) is 11.9 Å². The summed E-state index contributed by atoms with van der Waals surface area (Å²) in [6.07, 6.45) is 2.74. The van der Waals surface area contributed by atoms with Crippen molar-refractivity contribution in [1.82, 2.24) is 15.3 Å². The number of piperidine rings is 1. The van der Waals surface area contributed by atoms with E-state index in [0.717, 1.165) is 37.2 Å². The van der Waals surface area contributed by atoms with E-state index in [1.165, 1.54) is 0 Å². The van der Waals surface area contributed by atoms with Crippen LogP contribution in [-0.2, 0) is 4.79 Å². The zero-order chi connectivity index (χ0) is 17.7. The number of aliphatic hydroxyl groups excluding tert-OH is 1. The Bertz CT molecular complexity index is 544. The molecule has 1 aromatic rings. The van der Waals surface area contributed by atoms with Crippen LogP contribution in [-0.4, -0.2) is 46.7 Å². The van der Waals surface area contributed by atoms with Crippen LogP contribution in [0.1, 0.15) is 44.5 Å². The highest BCUT2D eigenvalue weighted by molar-refractivity contribution is 5.79. The lowest BCUT2D eigenvalue weighted by Gasteiger charge is -2.33. The predicted octanol–water partition coefficient (Wildman–Crippen LogP) is 1.83. The number of carbonyl (C=O) groups is 1. The van der Waals surface area contributed by atoms with Crippen molar-refractivity contribution in [3.05, 3.63) is 17.5 Å². The number of carbonyl (C=O) groups excluding carboxylic acids is 1. The van der Waals surface area contributed by atoms with Gasteiger partial charge in [0.25, 0.3) is 0 Å². The summed E-state index contributed by atoms with van der Waals surface area (Å²) in [7, 11) is 0. The van der Waals surface area contributed by atoms with Gasteiger partial charge in [-0.2, -0.15) is 0 Å². The third-order valence-corrected chi connectivity index (χ3v) is 4.90. The van der Waals surface area contributed by atoms with Gasteiger partial charge in [-0.3, -0.25) is 4.79 Å². The van der Waals surface area contributed by atoms with Crippen LogP contribution < -0.4 is 10.2 Å². The molecule has 1 saturated heterocycles. The highest BCUT2D eigenvalue weighted by Gasteiger charge is 2.29. The first-order valence-electron chi connectivity index (χ1n) is 8.93. The van der Waals surface area contributed by atoms with Crippen LogP contribution in [0.5, 0.6) is 0 Å². The molecule has 0 bridgehead atoms. The van der Waals surface area contributed by atoms with Crippen molar-refractivity contribution in [1.29, 1.82) is 0 Å². The lowest BCUT2D eigenvalue weighted by atomic mass is 9.95. The molecule has 134 valence electrons. The molecule has 1 fully saturated rings. The fourth-order valence-corrected chi connectivity index (χ4v) is 3.17. The van der Waals surface area contributed by atoms with Crippen molar-refractivity contribution in [3.8, 4) is 0 Å². The van der Waals surface area contributed by atoms with Crippen molar-refractivity contribution in [3.63, 3.8) is 0 Å². The molecule has 2 rings (SSSR count). The number of hydrogen-bond acceptors (Lipinski definition) is 5. The highest BCUT2D eigenvalue weighted by Crippen LogP contribution is 2.21. The zero-order valence-electron chi connectivity index (χ0n) is 15.2. The first kappa shape index (κ1) is 18.6. The number of hydrogen-bond donors (Lipinski definition) is 2. The molecule has 1 unspecified atom stereocenters. The number of nitrogens with one attached hydrogen (secondary N) is 1. The molecule has 2 heterocycles. The molecule has 2 N–H and O–H groups in total. The fourth-order valence-electron chi connectivity index (χ4n) is 3.17. The molecule has 6 nitrogen and oxygen atoms in total. The summed E-state index contributed by atoms with van der Waals surface area (Å²) >= 11 is 0. The average molecular weight is 334 g/mol. The molecule has 0 aliphatic carbocycles. The van der Waals surface area contributed by atoms with Crippen LogP contribution >= 0.6 is 0 Å². The van der Waals surface area contributed by atoms with Gasteiger partial charge in [-0.25, -0.2) is 9.97 Å². The topological polar surface area (TPSA) is 78.4 Å². The van der Waals surface area contributed by atoms with Gasteiger partial charge in [0.05, 0.1) is 18.6 Å². The molecule has 3 atom stereocenters. The van der Waals surface area contributed by atoms with Crippen LogP contribution in [0.4, 0.5) is 5.95 Å². The van der Waals surface area contributed by atoms with Gasteiger partial charge in [-0.15, -0.1) is 0 Å². The molecule has 0 radical (unpaired) electrons. The highest BCUT2D eigenvalue weighted by atomic mass is 16.3. The minimum atomic E-state index is -0.171. The fraction of sp³-hybridized carbons (Fsp3) is 0.722. The van der Waals surface area contributed by atoms with E-state index in [2.05, 4.69) is 34.0 Å². The van der Waals surface area contributed by atoms with Gasteiger partial charge in [0.15, 0.2) is 0 Å². The Morgan fingerprint density at radius 1 is 1.42 bits per heavy atom. The largest absolute Gasteiger partial charge is 0.394 e. The summed E-state index contributed by atoms with van der Waals surface area (Å²) in [5, 5.41) is 12.5. The number of nitrogens with zero attached hydrogens (tertiary/aromatic N) is 3. The van der Waals surface area contributed by atoms with Crippen LogP contribution in [0, 0.1) is 25.7 Å². The number of amides is 1. The molecular formula is C18H30N4O2. The molecule has 1 aliphatic rings. The lowest BCUT2D eigenvalue weighted by molar-refractivity contribution is -0.126. The van der Waals surface area contributed by atoms with Crippen molar-refractivity contribution in [2.75, 3.05) is 24.6 Å². The average Bonchev–Trinajstić information content (AvgIpc) is 2.58. The van der Waals surface area contributed by atoms with Crippen molar-refractivity contribution in [2.45, 2.75) is 53.0 Å². The van der Waals surface area contributed by atoms with Crippen LogP contribution in [0.25, 0.3) is 0 Å². The quantitative estimate of drug-likeness (QED) is 0.830. The number of aliphatic hydroxyl groups is 1. The maximum atomic E-state index is 12.6. The van der Waals surface area contributed by atoms with Gasteiger partial charge in [-0.05, 0) is 38.7 Å². The van der Waals surface area contributed by atoms with Gasteiger partial charge in [0.1, 0.15) is 0 Å². The second-order valence-electron chi connectivity index (χ2n) is 6.92. The van der Waals surface area contributed by atoms with E-state index < -0.39 is 0 Å². The number of anilines is 1. The summed E-state index contributed by atoms with van der Waals surface area (Å²) < 4.78 is 0. The van der Waals surface area contributed by atoms with E-state index in [4.69, 9.17) is 0 Å². The molecule has 0 spiro atoms. The Morgan fingerprint density at radius 2 is 2.08 bits per heavy atom. The van der Waals surface area contributed by atoms with Crippen molar-refractivity contribution < 1.29 is 9.90 Å². The maximum absolute atomic E-state index is 12.6. The lowest BCUT2D eigenvalue weighted by Crippen LogP contribution is -2.49. The minimum absolute atomic E-state index is 0.0165. The van der Waals surface area contributed by atoms with Crippen LogP contribution in [0.2, 0.25) is 0 Å². The Hall–Kier alpha value is -1.69. The van der Waals surface area contributed by atoms with Crippen molar-refractivity contribution >= 4 is 11.9 Å². The molecule has 24 heavy (non-hydrogen) atoms. The first-order chi connectivity index (χ1) is 11.4. The Balaban J connectivity index is 2.03. The third kappa shape index (κ3) is 4.66. The molecule has 1 amide bonds. The van der Waals surface area contributed by atoms with Crippen LogP contribution in [0.3, 0.4) is 0 Å². The molecule has 0 saturated carbocycles. The first-order valence-corrected chi connectivity index (χ1v) is 8.93. The van der Waals surface area contributed by atoms with Gasteiger partial charge < -0.3 is 15.3 Å². The van der Waals surface area contributed by atoms with Gasteiger partial charge >= 0.3 is 0 Å². The second kappa shape index (κ2) is 8.42. The van der Waals surface area contributed by atoms with E-state index in [1.54, 1.807) is 0 Å². The van der Waals surface area contributed by atoms with E-state index in [9.17, 15) is 9.90 Å². The molecule has 1 aliphatic heterocycles.